The molecule has 3 saturated heterocycles. The van der Waals surface area contributed by atoms with Crippen LogP contribution < -0.4 is 9.80 Å². The third-order valence-electron chi connectivity index (χ3n) is 8.80. The lowest BCUT2D eigenvalue weighted by Gasteiger charge is -2.39. The van der Waals surface area contributed by atoms with Crippen LogP contribution in [0.5, 0.6) is 0 Å². The van der Waals surface area contributed by atoms with Crippen LogP contribution in [0.2, 0.25) is 0 Å². The highest BCUT2D eigenvalue weighted by Crippen LogP contribution is 2.59. The fraction of sp³-hybridized carbons (Fsp3) is 0.594. The number of carbonyl (C=O) groups excluding carboxylic acids is 3. The molecule has 2 unspecified atom stereocenters. The maximum absolute atomic E-state index is 14.7. The third-order valence-corrected chi connectivity index (χ3v) is 8.80. The zero-order chi connectivity index (χ0) is 29.9. The molecule has 9 heteroatoms. The molecule has 224 valence electrons. The van der Waals surface area contributed by atoms with Gasteiger partial charge in [-0.05, 0) is 63.3 Å². The Hall–Kier alpha value is -3.17. The number of carbonyl (C=O) groups is 3. The van der Waals surface area contributed by atoms with Crippen molar-refractivity contribution in [2.45, 2.75) is 70.7 Å². The number of ether oxygens (including phenoxy) is 2. The van der Waals surface area contributed by atoms with E-state index in [1.807, 2.05) is 38.1 Å². The van der Waals surface area contributed by atoms with E-state index >= 15 is 0 Å². The van der Waals surface area contributed by atoms with E-state index in [1.54, 1.807) is 11.0 Å². The lowest BCUT2D eigenvalue weighted by Crippen LogP contribution is -2.59. The molecule has 6 atom stereocenters. The van der Waals surface area contributed by atoms with E-state index in [-0.39, 0.29) is 37.5 Å². The number of nitrogens with zero attached hydrogens (tertiary/aromatic N) is 3. The summed E-state index contributed by atoms with van der Waals surface area (Å²) in [6.45, 7) is 17.4. The van der Waals surface area contributed by atoms with Crippen molar-refractivity contribution in [2.75, 3.05) is 42.6 Å². The first-order valence-electron chi connectivity index (χ1n) is 14.8. The number of benzene rings is 1. The van der Waals surface area contributed by atoms with E-state index in [4.69, 9.17) is 9.47 Å². The van der Waals surface area contributed by atoms with Gasteiger partial charge in [0.15, 0.2) is 0 Å². The molecule has 3 heterocycles. The highest BCUT2D eigenvalue weighted by Gasteiger charge is 2.75. The minimum absolute atomic E-state index is 0.0330. The molecule has 9 nitrogen and oxygen atoms in total. The Balaban J connectivity index is 1.77. The van der Waals surface area contributed by atoms with Gasteiger partial charge in [-0.3, -0.25) is 14.4 Å². The second kappa shape index (κ2) is 12.8. The van der Waals surface area contributed by atoms with Crippen LogP contribution in [0.4, 0.5) is 11.4 Å². The predicted molar refractivity (Wildman–Crippen MR) is 158 cm³/mol. The van der Waals surface area contributed by atoms with Gasteiger partial charge in [0.1, 0.15) is 18.2 Å². The molecule has 1 aromatic carbocycles. The van der Waals surface area contributed by atoms with Crippen LogP contribution >= 0.6 is 0 Å². The van der Waals surface area contributed by atoms with Crippen molar-refractivity contribution in [1.29, 1.82) is 0 Å². The first-order valence-corrected chi connectivity index (χ1v) is 14.8. The molecule has 0 saturated carbocycles. The van der Waals surface area contributed by atoms with Crippen LogP contribution in [0.15, 0.2) is 49.6 Å². The van der Waals surface area contributed by atoms with Gasteiger partial charge in [0.2, 0.25) is 5.91 Å². The van der Waals surface area contributed by atoms with Crippen LogP contribution in [0, 0.1) is 17.8 Å². The van der Waals surface area contributed by atoms with Crippen LogP contribution in [0.1, 0.15) is 47.0 Å². The smallest absolute Gasteiger partial charge is 0.312 e. The van der Waals surface area contributed by atoms with Gasteiger partial charge in [-0.25, -0.2) is 0 Å². The highest BCUT2D eigenvalue weighted by molar-refractivity contribution is 6.05. The molecule has 2 amide bonds. The van der Waals surface area contributed by atoms with Crippen molar-refractivity contribution < 1.29 is 29.0 Å². The number of aliphatic hydroxyl groups excluding tert-OH is 1. The Bertz CT molecular complexity index is 1130. The van der Waals surface area contributed by atoms with Gasteiger partial charge in [-0.2, -0.15) is 0 Å². The first kappa shape index (κ1) is 30.8. The van der Waals surface area contributed by atoms with E-state index < -0.39 is 41.6 Å². The maximum atomic E-state index is 14.7. The largest absolute Gasteiger partial charge is 0.461 e. The van der Waals surface area contributed by atoms with Gasteiger partial charge < -0.3 is 29.3 Å². The summed E-state index contributed by atoms with van der Waals surface area (Å²) in [5.41, 5.74) is 0.552. The first-order chi connectivity index (χ1) is 19.7. The number of rotatable bonds is 14. The summed E-state index contributed by atoms with van der Waals surface area (Å²) in [5.74, 6) is -2.65. The normalized spacial score (nSPS) is 27.1. The molecule has 0 aromatic heterocycles. The van der Waals surface area contributed by atoms with Crippen LogP contribution in [0.3, 0.4) is 0 Å². The average Bonchev–Trinajstić information content (AvgIpc) is 3.61. The second-order valence-electron chi connectivity index (χ2n) is 11.6. The van der Waals surface area contributed by atoms with E-state index in [0.29, 0.717) is 24.9 Å². The monoisotopic (exact) mass is 567 g/mol. The SMILES string of the molecule is C=CCOC(=O)[C@@H]1[C@H]2C(=O)N([C@@H](CO)CC(C)C)C(C(=O)N(CC=C)c3ccc(N(CC)CC)cc3)C23CC[C@H]1O3. The van der Waals surface area contributed by atoms with Gasteiger partial charge in [0.25, 0.3) is 5.91 Å². The number of aliphatic hydroxyl groups is 1. The van der Waals surface area contributed by atoms with E-state index in [1.165, 1.54) is 11.0 Å². The van der Waals surface area contributed by atoms with E-state index in [9.17, 15) is 19.5 Å². The Morgan fingerprint density at radius 3 is 2.39 bits per heavy atom. The Kier molecular flexibility index (Phi) is 9.59. The quantitative estimate of drug-likeness (QED) is 0.271. The van der Waals surface area contributed by atoms with Crippen molar-refractivity contribution in [2.24, 2.45) is 17.8 Å². The van der Waals surface area contributed by atoms with Crippen molar-refractivity contribution in [3.05, 3.63) is 49.6 Å². The fourth-order valence-electron chi connectivity index (χ4n) is 7.12. The molecule has 0 aliphatic carbocycles. The number of hydrogen-bond acceptors (Lipinski definition) is 7. The Morgan fingerprint density at radius 2 is 1.83 bits per heavy atom. The number of esters is 1. The topological polar surface area (TPSA) is 99.6 Å². The Morgan fingerprint density at radius 1 is 1.17 bits per heavy atom. The molecule has 1 spiro atoms. The van der Waals surface area contributed by atoms with Crippen molar-refractivity contribution in [1.82, 2.24) is 4.90 Å². The molecule has 3 aliphatic rings. The summed E-state index contributed by atoms with van der Waals surface area (Å²) in [7, 11) is 0. The molecule has 0 radical (unpaired) electrons. The average molecular weight is 568 g/mol. The number of likely N-dealkylation sites (tertiary alicyclic amines) is 1. The van der Waals surface area contributed by atoms with Gasteiger partial charge in [-0.1, -0.05) is 32.6 Å². The fourth-order valence-corrected chi connectivity index (χ4v) is 7.12. The van der Waals surface area contributed by atoms with Crippen molar-refractivity contribution in [3.8, 4) is 0 Å². The lowest BCUT2D eigenvalue weighted by atomic mass is 9.70. The zero-order valence-corrected chi connectivity index (χ0v) is 24.8. The molecule has 1 N–H and O–H groups in total. The summed E-state index contributed by atoms with van der Waals surface area (Å²) in [4.78, 5) is 47.5. The number of hydrogen-bond donors (Lipinski definition) is 1. The molecule has 3 fully saturated rings. The molecule has 3 aliphatic heterocycles. The van der Waals surface area contributed by atoms with Gasteiger partial charge in [0, 0.05) is 31.0 Å². The second-order valence-corrected chi connectivity index (χ2v) is 11.6. The van der Waals surface area contributed by atoms with Gasteiger partial charge in [-0.15, -0.1) is 6.58 Å². The summed E-state index contributed by atoms with van der Waals surface area (Å²) in [6.07, 6.45) is 4.16. The standard InChI is InChI=1S/C32H45N3O6/c1-7-17-34(23-13-11-22(12-14-23)33(9-3)10-4)30(38)28-32-16-15-25(41-32)26(31(39)40-18-8-2)27(32)29(37)35(28)24(20-36)19-21(5)6/h7-8,11-14,21,24-28,36H,1-2,9-10,15-20H2,3-6H3/t24-,25-,26+,27+,28?,32?/m1/s1. The summed E-state index contributed by atoms with van der Waals surface area (Å²) >= 11 is 0. The van der Waals surface area contributed by atoms with Crippen LogP contribution in [0.25, 0.3) is 0 Å². The maximum Gasteiger partial charge on any atom is 0.312 e. The van der Waals surface area contributed by atoms with Crippen LogP contribution in [-0.2, 0) is 23.9 Å². The van der Waals surface area contributed by atoms with Crippen LogP contribution in [-0.4, -0.2) is 84.4 Å². The Labute approximate surface area is 243 Å². The highest BCUT2D eigenvalue weighted by atomic mass is 16.6. The van der Waals surface area contributed by atoms with Crippen molar-refractivity contribution >= 4 is 29.2 Å². The minimum atomic E-state index is -1.18. The summed E-state index contributed by atoms with van der Waals surface area (Å²) < 4.78 is 11.9. The van der Waals surface area contributed by atoms with E-state index in [0.717, 1.165) is 18.8 Å². The molecular weight excluding hydrogens is 522 g/mol. The third kappa shape index (κ3) is 5.42. The molecule has 2 bridgehead atoms. The molecule has 1 aromatic rings. The lowest BCUT2D eigenvalue weighted by molar-refractivity contribution is -0.155. The minimum Gasteiger partial charge on any atom is -0.461 e. The molecule has 4 rings (SSSR count). The number of fused-ring (bicyclic) bond motifs is 1. The summed E-state index contributed by atoms with van der Waals surface area (Å²) in [5, 5.41) is 10.5. The number of amides is 2. The van der Waals surface area contributed by atoms with E-state index in [2.05, 4.69) is 31.9 Å². The zero-order valence-electron chi connectivity index (χ0n) is 24.8. The van der Waals surface area contributed by atoms with Gasteiger partial charge in [0.05, 0.1) is 30.6 Å². The van der Waals surface area contributed by atoms with Gasteiger partial charge >= 0.3 is 5.97 Å². The predicted octanol–water partition coefficient (Wildman–Crippen LogP) is 3.56. The summed E-state index contributed by atoms with van der Waals surface area (Å²) in [6, 6.07) is 6.20. The molecular formula is C32H45N3O6. The van der Waals surface area contributed by atoms with Crippen molar-refractivity contribution in [3.63, 3.8) is 0 Å². The molecule has 41 heavy (non-hydrogen) atoms. The number of anilines is 2.